The Hall–Kier alpha value is -1.14. The number of carbonyl (C=O) groups excluding carboxylic acids is 2. The van der Waals surface area contributed by atoms with Crippen LogP contribution in [0.4, 0.5) is 0 Å². The van der Waals surface area contributed by atoms with E-state index in [1.165, 1.54) is 128 Å². The molecule has 3 N–H and O–H groups in total. The van der Waals surface area contributed by atoms with Gasteiger partial charge in [0.2, 0.25) is 5.91 Å². The van der Waals surface area contributed by atoms with Crippen molar-refractivity contribution < 1.29 is 19.1 Å². The van der Waals surface area contributed by atoms with Crippen LogP contribution in [0.25, 0.3) is 0 Å². The van der Waals surface area contributed by atoms with Gasteiger partial charge >= 0.3 is 5.97 Å². The summed E-state index contributed by atoms with van der Waals surface area (Å²) in [5.41, 5.74) is 5.94. The molecule has 1 amide bonds. The van der Waals surface area contributed by atoms with E-state index in [0.717, 1.165) is 38.5 Å². The lowest BCUT2D eigenvalue weighted by Crippen LogP contribution is -2.43. The van der Waals surface area contributed by atoms with Crippen LogP contribution < -0.4 is 11.1 Å². The van der Waals surface area contributed by atoms with Gasteiger partial charge in [-0.2, -0.15) is 0 Å². The van der Waals surface area contributed by atoms with Crippen molar-refractivity contribution in [2.45, 2.75) is 219 Å². The molecule has 0 spiro atoms. The number of hydrogen-bond acceptors (Lipinski definition) is 5. The fourth-order valence-corrected chi connectivity index (χ4v) is 5.92. The maximum Gasteiger partial charge on any atom is 0.306 e. The highest BCUT2D eigenvalue weighted by atomic mass is 16.5. The SMILES string of the molecule is CCCCCCCCCCCCCC(=O)N[C@@H](CN)COCC[C@@H](CCCCCCC)OC(=O)CCCCCCCCCCC. The van der Waals surface area contributed by atoms with Crippen molar-refractivity contribution in [2.24, 2.45) is 5.73 Å². The summed E-state index contributed by atoms with van der Waals surface area (Å²) in [5.74, 6) is 0.00589. The van der Waals surface area contributed by atoms with E-state index in [-0.39, 0.29) is 24.0 Å². The minimum absolute atomic E-state index is 0.0639. The van der Waals surface area contributed by atoms with Crippen LogP contribution in [-0.2, 0) is 19.1 Å². The number of ether oxygens (including phenoxy) is 2. The van der Waals surface area contributed by atoms with Gasteiger partial charge in [0.25, 0.3) is 0 Å². The quantitative estimate of drug-likeness (QED) is 0.0526. The van der Waals surface area contributed by atoms with Crippen molar-refractivity contribution >= 4 is 11.9 Å². The standard InChI is InChI=1S/C39H78N2O4/c1-4-7-10-13-15-17-18-20-21-24-27-30-38(42)41-36(34-40)35-44-33-32-37(29-26-23-12-9-6-3)45-39(43)31-28-25-22-19-16-14-11-8-5-2/h36-37H,4-35,40H2,1-3H3,(H,41,42)/t36-,37+/m0/s1. The third kappa shape index (κ3) is 32.6. The van der Waals surface area contributed by atoms with Gasteiger partial charge in [-0.3, -0.25) is 9.59 Å². The van der Waals surface area contributed by atoms with Crippen LogP contribution in [0.2, 0.25) is 0 Å². The highest BCUT2D eigenvalue weighted by Crippen LogP contribution is 2.16. The number of carbonyl (C=O) groups is 2. The minimum Gasteiger partial charge on any atom is -0.462 e. The van der Waals surface area contributed by atoms with Crippen LogP contribution >= 0.6 is 0 Å². The lowest BCUT2D eigenvalue weighted by atomic mass is 10.1. The monoisotopic (exact) mass is 639 g/mol. The first-order valence-corrected chi connectivity index (χ1v) is 19.8. The van der Waals surface area contributed by atoms with Crippen LogP contribution in [0, 0.1) is 0 Å². The van der Waals surface area contributed by atoms with E-state index < -0.39 is 0 Å². The van der Waals surface area contributed by atoms with E-state index in [0.29, 0.717) is 39.0 Å². The smallest absolute Gasteiger partial charge is 0.306 e. The Kier molecular flexibility index (Phi) is 34.8. The van der Waals surface area contributed by atoms with E-state index in [2.05, 4.69) is 26.1 Å². The Morgan fingerprint density at radius 2 is 0.978 bits per heavy atom. The number of rotatable bonds is 36. The summed E-state index contributed by atoms with van der Waals surface area (Å²) in [7, 11) is 0. The summed E-state index contributed by atoms with van der Waals surface area (Å²) >= 11 is 0. The molecule has 0 rings (SSSR count). The Labute approximate surface area is 280 Å². The summed E-state index contributed by atoms with van der Waals surface area (Å²) in [6.45, 7) is 8.01. The number of nitrogens with two attached hydrogens (primary N) is 1. The van der Waals surface area contributed by atoms with Crippen LogP contribution in [0.15, 0.2) is 0 Å². The van der Waals surface area contributed by atoms with Crippen molar-refractivity contribution in [3.05, 3.63) is 0 Å². The maximum absolute atomic E-state index is 12.6. The zero-order chi connectivity index (χ0) is 33.1. The molecule has 45 heavy (non-hydrogen) atoms. The second-order valence-corrected chi connectivity index (χ2v) is 13.5. The van der Waals surface area contributed by atoms with Gasteiger partial charge in [-0.15, -0.1) is 0 Å². The molecular weight excluding hydrogens is 560 g/mol. The predicted molar refractivity (Wildman–Crippen MR) is 193 cm³/mol. The molecule has 0 saturated heterocycles. The molecule has 0 radical (unpaired) electrons. The molecule has 0 aliphatic heterocycles. The van der Waals surface area contributed by atoms with Crippen molar-refractivity contribution in [2.75, 3.05) is 19.8 Å². The van der Waals surface area contributed by atoms with Crippen LogP contribution in [-0.4, -0.2) is 43.8 Å². The van der Waals surface area contributed by atoms with Gasteiger partial charge in [-0.05, 0) is 25.7 Å². The van der Waals surface area contributed by atoms with E-state index in [9.17, 15) is 9.59 Å². The van der Waals surface area contributed by atoms with Gasteiger partial charge in [-0.1, -0.05) is 162 Å². The molecule has 268 valence electrons. The van der Waals surface area contributed by atoms with Crippen molar-refractivity contribution in [1.29, 1.82) is 0 Å². The van der Waals surface area contributed by atoms with Crippen molar-refractivity contribution in [3.8, 4) is 0 Å². The van der Waals surface area contributed by atoms with Gasteiger partial charge in [0.1, 0.15) is 6.10 Å². The number of unbranched alkanes of at least 4 members (excludes halogenated alkanes) is 22. The Bertz CT molecular complexity index is 630. The van der Waals surface area contributed by atoms with Crippen LogP contribution in [0.5, 0.6) is 0 Å². The lowest BCUT2D eigenvalue weighted by molar-refractivity contribution is -0.150. The Morgan fingerprint density at radius 1 is 0.556 bits per heavy atom. The fraction of sp³-hybridized carbons (Fsp3) is 0.949. The summed E-state index contributed by atoms with van der Waals surface area (Å²) in [6.07, 6.45) is 33.8. The molecule has 0 fully saturated rings. The molecule has 6 nitrogen and oxygen atoms in total. The fourth-order valence-electron chi connectivity index (χ4n) is 5.92. The second-order valence-electron chi connectivity index (χ2n) is 13.5. The molecule has 0 aliphatic rings. The molecule has 0 bridgehead atoms. The normalized spacial score (nSPS) is 12.7. The summed E-state index contributed by atoms with van der Waals surface area (Å²) in [6, 6.07) is -0.174. The zero-order valence-corrected chi connectivity index (χ0v) is 30.5. The zero-order valence-electron chi connectivity index (χ0n) is 30.5. The third-order valence-corrected chi connectivity index (χ3v) is 8.97. The molecule has 0 saturated carbocycles. The van der Waals surface area contributed by atoms with Gasteiger partial charge in [0, 0.05) is 25.8 Å². The molecule has 0 aromatic carbocycles. The van der Waals surface area contributed by atoms with E-state index in [1.54, 1.807) is 0 Å². The lowest BCUT2D eigenvalue weighted by Gasteiger charge is -2.20. The Balaban J connectivity index is 4.15. The van der Waals surface area contributed by atoms with Gasteiger partial charge in [-0.25, -0.2) is 0 Å². The number of amides is 1. The van der Waals surface area contributed by atoms with Crippen molar-refractivity contribution in [1.82, 2.24) is 5.32 Å². The van der Waals surface area contributed by atoms with E-state index in [4.69, 9.17) is 15.2 Å². The Morgan fingerprint density at radius 3 is 1.44 bits per heavy atom. The molecule has 0 unspecified atom stereocenters. The minimum atomic E-state index is -0.174. The summed E-state index contributed by atoms with van der Waals surface area (Å²) in [4.78, 5) is 25.0. The first-order valence-electron chi connectivity index (χ1n) is 19.8. The van der Waals surface area contributed by atoms with Crippen molar-refractivity contribution in [3.63, 3.8) is 0 Å². The largest absolute Gasteiger partial charge is 0.462 e. The first-order chi connectivity index (χ1) is 22.1. The molecule has 6 heteroatoms. The molecule has 0 aliphatic carbocycles. The topological polar surface area (TPSA) is 90.7 Å². The molecule has 0 aromatic rings. The highest BCUT2D eigenvalue weighted by Gasteiger charge is 2.16. The van der Waals surface area contributed by atoms with Crippen LogP contribution in [0.3, 0.4) is 0 Å². The predicted octanol–water partition coefficient (Wildman–Crippen LogP) is 10.7. The second kappa shape index (κ2) is 35.7. The number of esters is 1. The molecule has 0 aromatic heterocycles. The van der Waals surface area contributed by atoms with Gasteiger partial charge < -0.3 is 20.5 Å². The first kappa shape index (κ1) is 43.9. The number of nitrogens with one attached hydrogen (secondary N) is 1. The molecule has 0 heterocycles. The van der Waals surface area contributed by atoms with Crippen LogP contribution in [0.1, 0.15) is 207 Å². The summed E-state index contributed by atoms with van der Waals surface area (Å²) < 4.78 is 11.8. The van der Waals surface area contributed by atoms with Gasteiger partial charge in [0.05, 0.1) is 19.3 Å². The average molecular weight is 639 g/mol. The summed E-state index contributed by atoms with van der Waals surface area (Å²) in [5, 5.41) is 3.05. The van der Waals surface area contributed by atoms with Gasteiger partial charge in [0.15, 0.2) is 0 Å². The van der Waals surface area contributed by atoms with E-state index in [1.807, 2.05) is 0 Å². The maximum atomic E-state index is 12.6. The molecular formula is C39H78N2O4. The van der Waals surface area contributed by atoms with E-state index >= 15 is 0 Å². The number of hydrogen-bond donors (Lipinski definition) is 2. The average Bonchev–Trinajstić information content (AvgIpc) is 3.03. The molecule has 2 atom stereocenters. The highest BCUT2D eigenvalue weighted by molar-refractivity contribution is 5.76. The third-order valence-electron chi connectivity index (χ3n) is 8.97.